The fourth-order valence-corrected chi connectivity index (χ4v) is 2.52. The van der Waals surface area contributed by atoms with Crippen molar-refractivity contribution in [2.24, 2.45) is 5.92 Å². The van der Waals surface area contributed by atoms with Gasteiger partial charge in [-0.05, 0) is 26.2 Å². The molecular weight excluding hydrogens is 202 g/mol. The molecule has 1 saturated carbocycles. The van der Waals surface area contributed by atoms with Crippen molar-refractivity contribution in [3.63, 3.8) is 0 Å². The lowest BCUT2D eigenvalue weighted by molar-refractivity contribution is 0.0974. The van der Waals surface area contributed by atoms with Crippen LogP contribution in [0, 0.1) is 5.92 Å². The third-order valence-corrected chi connectivity index (χ3v) is 3.40. The summed E-state index contributed by atoms with van der Waals surface area (Å²) in [5, 5.41) is 13.3. The van der Waals surface area contributed by atoms with Crippen LogP contribution < -0.4 is 5.32 Å². The maximum absolute atomic E-state index is 9.94. The first-order valence-electron chi connectivity index (χ1n) is 6.45. The van der Waals surface area contributed by atoms with Gasteiger partial charge in [-0.3, -0.25) is 0 Å². The number of nitrogens with one attached hydrogen (secondary N) is 1. The van der Waals surface area contributed by atoms with Crippen LogP contribution in [0.15, 0.2) is 0 Å². The van der Waals surface area contributed by atoms with Gasteiger partial charge >= 0.3 is 0 Å². The zero-order valence-corrected chi connectivity index (χ0v) is 11.0. The molecule has 0 bridgehead atoms. The first-order chi connectivity index (χ1) is 7.53. The van der Waals surface area contributed by atoms with E-state index in [1.165, 1.54) is 25.7 Å². The highest BCUT2D eigenvalue weighted by Crippen LogP contribution is 2.28. The fraction of sp³-hybridized carbons (Fsp3) is 1.00. The lowest BCUT2D eigenvalue weighted by Crippen LogP contribution is -2.46. The van der Waals surface area contributed by atoms with Crippen LogP contribution in [0.2, 0.25) is 0 Å². The number of aliphatic hydroxyl groups is 1. The lowest BCUT2D eigenvalue weighted by atomic mass is 9.99. The minimum absolute atomic E-state index is 0.0502. The monoisotopic (exact) mass is 229 g/mol. The van der Waals surface area contributed by atoms with Crippen LogP contribution in [0.1, 0.15) is 46.0 Å². The second kappa shape index (κ2) is 6.58. The molecular formula is C13H27NO2. The number of ether oxygens (including phenoxy) is 1. The third-order valence-electron chi connectivity index (χ3n) is 3.40. The molecule has 1 atom stereocenters. The topological polar surface area (TPSA) is 41.5 Å². The molecule has 0 heterocycles. The Morgan fingerprint density at radius 1 is 1.38 bits per heavy atom. The Morgan fingerprint density at radius 2 is 2.00 bits per heavy atom. The molecule has 1 fully saturated rings. The summed E-state index contributed by atoms with van der Waals surface area (Å²) in [5.74, 6) is 0.752. The van der Waals surface area contributed by atoms with Crippen LogP contribution in [-0.2, 0) is 4.74 Å². The molecule has 1 rings (SSSR count). The highest BCUT2D eigenvalue weighted by atomic mass is 16.5. The molecule has 0 saturated heterocycles. The number of rotatable bonds is 7. The van der Waals surface area contributed by atoms with Gasteiger partial charge in [0.15, 0.2) is 0 Å². The van der Waals surface area contributed by atoms with Gasteiger partial charge < -0.3 is 15.2 Å². The van der Waals surface area contributed by atoms with Crippen LogP contribution in [0.4, 0.5) is 0 Å². The minimum atomic E-state index is -0.209. The maximum Gasteiger partial charge on any atom is 0.0667 e. The average Bonchev–Trinajstić information content (AvgIpc) is 2.68. The summed E-state index contributed by atoms with van der Waals surface area (Å²) >= 11 is 0. The highest BCUT2D eigenvalue weighted by molar-refractivity contribution is 4.79. The number of methoxy groups -OCH3 is 1. The lowest BCUT2D eigenvalue weighted by Gasteiger charge is -2.27. The zero-order chi connectivity index (χ0) is 12.0. The van der Waals surface area contributed by atoms with Crippen LogP contribution in [0.5, 0.6) is 0 Å². The van der Waals surface area contributed by atoms with E-state index in [4.69, 9.17) is 4.74 Å². The van der Waals surface area contributed by atoms with Crippen molar-refractivity contribution in [2.45, 2.75) is 57.6 Å². The first-order valence-corrected chi connectivity index (χ1v) is 6.45. The molecule has 1 aliphatic rings. The summed E-state index contributed by atoms with van der Waals surface area (Å²) in [7, 11) is 1.71. The molecule has 1 unspecified atom stereocenters. The van der Waals surface area contributed by atoms with Crippen LogP contribution in [-0.4, -0.2) is 37.0 Å². The molecule has 0 radical (unpaired) electrons. The summed E-state index contributed by atoms with van der Waals surface area (Å²) in [5.41, 5.74) is -0.0502. The van der Waals surface area contributed by atoms with Crippen LogP contribution in [0.3, 0.4) is 0 Å². The van der Waals surface area contributed by atoms with E-state index >= 15 is 0 Å². The van der Waals surface area contributed by atoms with Crippen molar-refractivity contribution in [2.75, 3.05) is 20.3 Å². The molecule has 0 aromatic heterocycles. The van der Waals surface area contributed by atoms with Gasteiger partial charge in [0.25, 0.3) is 0 Å². The van der Waals surface area contributed by atoms with Crippen molar-refractivity contribution in [1.29, 1.82) is 0 Å². The average molecular weight is 229 g/mol. The van der Waals surface area contributed by atoms with Crippen LogP contribution >= 0.6 is 0 Å². The molecule has 0 amide bonds. The van der Waals surface area contributed by atoms with E-state index in [9.17, 15) is 5.11 Å². The van der Waals surface area contributed by atoms with Crippen molar-refractivity contribution in [3.8, 4) is 0 Å². The van der Waals surface area contributed by atoms with Crippen molar-refractivity contribution < 1.29 is 9.84 Å². The van der Waals surface area contributed by atoms with Gasteiger partial charge in [-0.1, -0.05) is 25.7 Å². The third kappa shape index (κ3) is 5.28. The zero-order valence-electron chi connectivity index (χ0n) is 11.0. The van der Waals surface area contributed by atoms with E-state index in [0.29, 0.717) is 13.2 Å². The van der Waals surface area contributed by atoms with Gasteiger partial charge in [-0.15, -0.1) is 0 Å². The number of aliphatic hydroxyl groups excluding tert-OH is 1. The molecule has 16 heavy (non-hydrogen) atoms. The van der Waals surface area contributed by atoms with Gasteiger partial charge in [0, 0.05) is 19.2 Å². The van der Waals surface area contributed by atoms with Crippen molar-refractivity contribution in [3.05, 3.63) is 0 Å². The molecule has 0 aromatic rings. The van der Waals surface area contributed by atoms with E-state index in [1.54, 1.807) is 7.11 Å². The summed E-state index contributed by atoms with van der Waals surface area (Å²) in [6.45, 7) is 5.54. The molecule has 1 aliphatic carbocycles. The van der Waals surface area contributed by atoms with E-state index in [0.717, 1.165) is 12.3 Å². The molecule has 96 valence electrons. The largest absolute Gasteiger partial charge is 0.392 e. The van der Waals surface area contributed by atoms with E-state index < -0.39 is 0 Å². The maximum atomic E-state index is 9.94. The Morgan fingerprint density at radius 3 is 2.56 bits per heavy atom. The van der Waals surface area contributed by atoms with Crippen molar-refractivity contribution >= 4 is 0 Å². The standard InChI is InChI=1S/C13H27NO2/c1-13(2,10-16-3)14-9-12(15)8-11-6-4-5-7-11/h11-12,14-15H,4-10H2,1-3H3. The summed E-state index contributed by atoms with van der Waals surface area (Å²) < 4.78 is 5.13. The first kappa shape index (κ1) is 13.9. The Bertz CT molecular complexity index is 188. The molecule has 0 aliphatic heterocycles. The minimum Gasteiger partial charge on any atom is -0.392 e. The van der Waals surface area contributed by atoms with Gasteiger partial charge in [-0.25, -0.2) is 0 Å². The highest BCUT2D eigenvalue weighted by Gasteiger charge is 2.21. The Balaban J connectivity index is 2.15. The number of hydrogen-bond donors (Lipinski definition) is 2. The van der Waals surface area contributed by atoms with Crippen LogP contribution in [0.25, 0.3) is 0 Å². The van der Waals surface area contributed by atoms with E-state index in [-0.39, 0.29) is 11.6 Å². The molecule has 3 heteroatoms. The normalized spacial score (nSPS) is 20.2. The molecule has 0 aromatic carbocycles. The molecule has 3 nitrogen and oxygen atoms in total. The Kier molecular flexibility index (Phi) is 5.73. The summed E-state index contributed by atoms with van der Waals surface area (Å²) in [4.78, 5) is 0. The Labute approximate surface area is 99.6 Å². The Hall–Kier alpha value is -0.120. The SMILES string of the molecule is COCC(C)(C)NCC(O)CC1CCCC1. The van der Waals surface area contributed by atoms with Gasteiger partial charge in [0.2, 0.25) is 0 Å². The number of hydrogen-bond acceptors (Lipinski definition) is 3. The predicted molar refractivity (Wildman–Crippen MR) is 66.5 cm³/mol. The second-order valence-corrected chi connectivity index (χ2v) is 5.74. The van der Waals surface area contributed by atoms with Gasteiger partial charge in [0.1, 0.15) is 0 Å². The number of β-amino-alcohol motifs (C(OH)–C–C–N with tert-alkyl or cyclic N) is 1. The summed E-state index contributed by atoms with van der Waals surface area (Å²) in [6.07, 6.45) is 6.05. The van der Waals surface area contributed by atoms with E-state index in [2.05, 4.69) is 19.2 Å². The quantitative estimate of drug-likeness (QED) is 0.701. The van der Waals surface area contributed by atoms with E-state index in [1.807, 2.05) is 0 Å². The van der Waals surface area contributed by atoms with Gasteiger partial charge in [-0.2, -0.15) is 0 Å². The fourth-order valence-electron chi connectivity index (χ4n) is 2.52. The smallest absolute Gasteiger partial charge is 0.0667 e. The van der Waals surface area contributed by atoms with Gasteiger partial charge in [0.05, 0.1) is 12.7 Å². The predicted octanol–water partition coefficient (Wildman–Crippen LogP) is 1.94. The summed E-state index contributed by atoms with van der Waals surface area (Å²) in [6, 6.07) is 0. The molecule has 2 N–H and O–H groups in total. The molecule has 0 spiro atoms. The van der Waals surface area contributed by atoms with Crippen molar-refractivity contribution in [1.82, 2.24) is 5.32 Å². The second-order valence-electron chi connectivity index (χ2n) is 5.74.